The van der Waals surface area contributed by atoms with Gasteiger partial charge in [0.15, 0.2) is 0 Å². The number of thiazole rings is 1. The molecule has 0 atom stereocenters. The molecule has 2 aromatic rings. The first kappa shape index (κ1) is 8.28. The lowest BCUT2D eigenvalue weighted by Crippen LogP contribution is -1.85. The molecule has 1 aromatic heterocycles. The molecule has 0 aliphatic carbocycles. The molecule has 1 heterocycles. The van der Waals surface area contributed by atoms with Crippen LogP contribution in [0.1, 0.15) is 0 Å². The van der Waals surface area contributed by atoms with E-state index in [-0.39, 0.29) is 0 Å². The molecule has 0 unspecified atom stereocenters. The average molecular weight is 196 g/mol. The highest BCUT2D eigenvalue weighted by molar-refractivity contribution is 7.22. The summed E-state index contributed by atoms with van der Waals surface area (Å²) in [4.78, 5) is 4.12. The molecule has 0 radical (unpaired) electrons. The van der Waals surface area contributed by atoms with Gasteiger partial charge in [-0.2, -0.15) is 0 Å². The molecule has 0 spiro atoms. The molecular weight excluding hydrogens is 188 g/mol. The summed E-state index contributed by atoms with van der Waals surface area (Å²) in [5.74, 6) is 0.766. The summed E-state index contributed by atoms with van der Waals surface area (Å²) in [6.07, 6.45) is 0. The largest absolute Gasteiger partial charge is 0.497 e. The van der Waals surface area contributed by atoms with Crippen molar-refractivity contribution in [3.63, 3.8) is 0 Å². The summed E-state index contributed by atoms with van der Waals surface area (Å²) in [6, 6.07) is 5.60. The zero-order valence-corrected chi connectivity index (χ0v) is 7.76. The van der Waals surface area contributed by atoms with Gasteiger partial charge in [0.2, 0.25) is 5.13 Å². The molecule has 0 amide bonds. The maximum Gasteiger partial charge on any atom is 0.207 e. The Balaban J connectivity index is 2.57. The quantitative estimate of drug-likeness (QED) is 0.722. The highest BCUT2D eigenvalue weighted by atomic mass is 32.1. The molecule has 0 saturated heterocycles. The van der Waals surface area contributed by atoms with Crippen LogP contribution in [0.5, 0.6) is 5.75 Å². The Labute approximate surface area is 78.7 Å². The number of benzene rings is 1. The number of nitrogens with one attached hydrogen (secondary N) is 1. The van der Waals surface area contributed by atoms with Crippen LogP contribution in [0, 0.1) is 0 Å². The topological polar surface area (TPSA) is 54.4 Å². The summed E-state index contributed by atoms with van der Waals surface area (Å²) in [5, 5.41) is 9.12. The molecule has 2 N–H and O–H groups in total. The predicted molar refractivity (Wildman–Crippen MR) is 51.6 cm³/mol. The minimum absolute atomic E-state index is 0.489. The van der Waals surface area contributed by atoms with Gasteiger partial charge < -0.3 is 4.74 Å². The first-order valence-electron chi connectivity index (χ1n) is 3.68. The van der Waals surface area contributed by atoms with Crippen LogP contribution < -0.4 is 10.2 Å². The number of rotatable bonds is 2. The van der Waals surface area contributed by atoms with Crippen LogP contribution >= 0.6 is 11.3 Å². The third kappa shape index (κ3) is 1.43. The number of aromatic nitrogens is 1. The van der Waals surface area contributed by atoms with Crippen LogP contribution in [-0.2, 0) is 0 Å². The smallest absolute Gasteiger partial charge is 0.207 e. The monoisotopic (exact) mass is 196 g/mol. The minimum Gasteiger partial charge on any atom is -0.497 e. The van der Waals surface area contributed by atoms with Crippen molar-refractivity contribution in [3.8, 4) is 5.75 Å². The Morgan fingerprint density at radius 2 is 2.38 bits per heavy atom. The van der Waals surface area contributed by atoms with E-state index < -0.39 is 0 Å². The third-order valence-electron chi connectivity index (χ3n) is 1.69. The number of ether oxygens (including phenoxy) is 1. The minimum atomic E-state index is 0.489. The van der Waals surface area contributed by atoms with Gasteiger partial charge >= 0.3 is 0 Å². The van der Waals surface area contributed by atoms with E-state index in [0.717, 1.165) is 16.0 Å². The first-order chi connectivity index (χ1) is 6.33. The van der Waals surface area contributed by atoms with Crippen LogP contribution in [0.15, 0.2) is 18.2 Å². The molecule has 0 fully saturated rings. The molecule has 5 heteroatoms. The van der Waals surface area contributed by atoms with Crippen molar-refractivity contribution in [2.24, 2.45) is 0 Å². The second-order valence-corrected chi connectivity index (χ2v) is 3.50. The van der Waals surface area contributed by atoms with Crippen molar-refractivity contribution in [2.45, 2.75) is 0 Å². The molecule has 0 aliphatic heterocycles. The van der Waals surface area contributed by atoms with Gasteiger partial charge in [0, 0.05) is 6.07 Å². The van der Waals surface area contributed by atoms with E-state index in [2.05, 4.69) is 4.98 Å². The lowest BCUT2D eigenvalue weighted by atomic mass is 10.3. The number of hydrogen-bond acceptors (Lipinski definition) is 5. The number of nitrogens with zero attached hydrogens (tertiary/aromatic N) is 1. The zero-order valence-electron chi connectivity index (χ0n) is 6.94. The van der Waals surface area contributed by atoms with Crippen LogP contribution in [0.2, 0.25) is 0 Å². The van der Waals surface area contributed by atoms with Crippen molar-refractivity contribution in [1.29, 1.82) is 0 Å². The SMILES string of the molecule is COc1ccc2sc(NO)nc2c1. The van der Waals surface area contributed by atoms with Gasteiger partial charge in [-0.1, -0.05) is 11.3 Å². The second kappa shape index (κ2) is 3.20. The molecule has 13 heavy (non-hydrogen) atoms. The van der Waals surface area contributed by atoms with E-state index in [1.807, 2.05) is 23.7 Å². The average Bonchev–Trinajstić information content (AvgIpc) is 2.58. The Kier molecular flexibility index (Phi) is 2.03. The van der Waals surface area contributed by atoms with Crippen LogP contribution in [0.25, 0.3) is 10.2 Å². The van der Waals surface area contributed by atoms with Crippen LogP contribution in [0.4, 0.5) is 5.13 Å². The van der Waals surface area contributed by atoms with E-state index in [0.29, 0.717) is 5.13 Å². The maximum atomic E-state index is 8.63. The van der Waals surface area contributed by atoms with E-state index >= 15 is 0 Å². The van der Waals surface area contributed by atoms with Crippen molar-refractivity contribution in [2.75, 3.05) is 12.6 Å². The number of fused-ring (bicyclic) bond motifs is 1. The highest BCUT2D eigenvalue weighted by Crippen LogP contribution is 2.28. The maximum absolute atomic E-state index is 8.63. The lowest BCUT2D eigenvalue weighted by molar-refractivity contribution is 0.388. The van der Waals surface area contributed by atoms with Gasteiger partial charge in [-0.25, -0.2) is 10.5 Å². The van der Waals surface area contributed by atoms with Gasteiger partial charge in [-0.15, -0.1) is 0 Å². The lowest BCUT2D eigenvalue weighted by Gasteiger charge is -1.96. The van der Waals surface area contributed by atoms with E-state index in [1.54, 1.807) is 7.11 Å². The van der Waals surface area contributed by atoms with Crippen molar-refractivity contribution in [3.05, 3.63) is 18.2 Å². The molecule has 4 nitrogen and oxygen atoms in total. The van der Waals surface area contributed by atoms with E-state index in [1.165, 1.54) is 11.3 Å². The Hall–Kier alpha value is -1.33. The molecular formula is C8H8N2O2S. The summed E-state index contributed by atoms with van der Waals surface area (Å²) >= 11 is 1.39. The normalized spacial score (nSPS) is 10.3. The molecule has 68 valence electrons. The third-order valence-corrected chi connectivity index (χ3v) is 2.63. The Morgan fingerprint density at radius 1 is 1.54 bits per heavy atom. The zero-order chi connectivity index (χ0) is 9.26. The number of methoxy groups -OCH3 is 1. The fourth-order valence-electron chi connectivity index (χ4n) is 1.08. The highest BCUT2D eigenvalue weighted by Gasteiger charge is 2.03. The van der Waals surface area contributed by atoms with Gasteiger partial charge in [-0.05, 0) is 12.1 Å². The Bertz CT molecular complexity index is 425. The summed E-state index contributed by atoms with van der Waals surface area (Å²) in [5.41, 5.74) is 2.84. The van der Waals surface area contributed by atoms with Gasteiger partial charge in [0.25, 0.3) is 0 Å². The predicted octanol–water partition coefficient (Wildman–Crippen LogP) is 2.11. The summed E-state index contributed by atoms with van der Waals surface area (Å²) < 4.78 is 6.06. The van der Waals surface area contributed by atoms with E-state index in [9.17, 15) is 0 Å². The first-order valence-corrected chi connectivity index (χ1v) is 4.50. The second-order valence-electron chi connectivity index (χ2n) is 2.46. The fraction of sp³-hybridized carbons (Fsp3) is 0.125. The molecule has 1 aromatic carbocycles. The molecule has 0 bridgehead atoms. The van der Waals surface area contributed by atoms with Crippen LogP contribution in [-0.4, -0.2) is 17.3 Å². The summed E-state index contributed by atoms with van der Waals surface area (Å²) in [6.45, 7) is 0. The standard InChI is InChI=1S/C8H8N2O2S/c1-12-5-2-3-7-6(4-5)9-8(10-11)13-7/h2-4,11H,1H3,(H,9,10). The number of anilines is 1. The summed E-state index contributed by atoms with van der Waals surface area (Å²) in [7, 11) is 1.61. The van der Waals surface area contributed by atoms with Gasteiger partial charge in [0.05, 0.1) is 17.3 Å². The number of hydrogen-bond donors (Lipinski definition) is 2. The van der Waals surface area contributed by atoms with Crippen molar-refractivity contribution >= 4 is 26.7 Å². The molecule has 2 rings (SSSR count). The fourth-order valence-corrected chi connectivity index (χ4v) is 1.83. The van der Waals surface area contributed by atoms with E-state index in [4.69, 9.17) is 9.94 Å². The molecule has 0 aliphatic rings. The van der Waals surface area contributed by atoms with Crippen LogP contribution in [0.3, 0.4) is 0 Å². The Morgan fingerprint density at radius 3 is 3.08 bits per heavy atom. The van der Waals surface area contributed by atoms with Crippen molar-refractivity contribution < 1.29 is 9.94 Å². The molecule has 0 saturated carbocycles. The van der Waals surface area contributed by atoms with Gasteiger partial charge in [0.1, 0.15) is 5.75 Å². The van der Waals surface area contributed by atoms with Gasteiger partial charge in [-0.3, -0.25) is 5.21 Å². The van der Waals surface area contributed by atoms with Crippen molar-refractivity contribution in [1.82, 2.24) is 4.98 Å².